The maximum absolute atomic E-state index is 13.6. The SMILES string of the molecule is COC(=O)N[C@@H]1CCN(C(=O)C2CN(c3ccc(C#N)c(C(F)(F)F)c3)C(C(F)(F)F)O2)C1. The number of ether oxygens (including phenoxy) is 2. The topological polar surface area (TPSA) is 94.9 Å². The monoisotopic (exact) mass is 480 g/mol. The highest BCUT2D eigenvalue weighted by Gasteiger charge is 2.53. The molecule has 180 valence electrons. The summed E-state index contributed by atoms with van der Waals surface area (Å²) >= 11 is 0. The van der Waals surface area contributed by atoms with Crippen molar-refractivity contribution in [2.75, 3.05) is 31.6 Å². The van der Waals surface area contributed by atoms with Crippen molar-refractivity contribution in [2.24, 2.45) is 0 Å². The number of hydrogen-bond donors (Lipinski definition) is 1. The van der Waals surface area contributed by atoms with E-state index in [-0.39, 0.29) is 13.1 Å². The number of nitrogens with zero attached hydrogens (tertiary/aromatic N) is 3. The Morgan fingerprint density at radius 3 is 2.48 bits per heavy atom. The second kappa shape index (κ2) is 8.97. The second-order valence-electron chi connectivity index (χ2n) is 7.42. The van der Waals surface area contributed by atoms with E-state index >= 15 is 0 Å². The quantitative estimate of drug-likeness (QED) is 0.669. The van der Waals surface area contributed by atoms with Crippen molar-refractivity contribution in [1.29, 1.82) is 5.26 Å². The fourth-order valence-corrected chi connectivity index (χ4v) is 3.73. The molecule has 2 unspecified atom stereocenters. The van der Waals surface area contributed by atoms with Crippen molar-refractivity contribution in [3.05, 3.63) is 29.3 Å². The van der Waals surface area contributed by atoms with E-state index < -0.39 is 66.1 Å². The number of carbonyl (C=O) groups excluding carboxylic acids is 2. The number of methoxy groups -OCH3 is 1. The summed E-state index contributed by atoms with van der Waals surface area (Å²) < 4.78 is 90.0. The van der Waals surface area contributed by atoms with Gasteiger partial charge in [-0.3, -0.25) is 4.79 Å². The molecule has 2 saturated heterocycles. The van der Waals surface area contributed by atoms with Gasteiger partial charge >= 0.3 is 18.4 Å². The molecule has 0 spiro atoms. The van der Waals surface area contributed by atoms with Crippen LogP contribution in [0.4, 0.5) is 36.8 Å². The molecule has 14 heteroatoms. The summed E-state index contributed by atoms with van der Waals surface area (Å²) in [7, 11) is 1.15. The Labute approximate surface area is 183 Å². The minimum Gasteiger partial charge on any atom is -0.453 e. The van der Waals surface area contributed by atoms with Crippen molar-refractivity contribution in [3.63, 3.8) is 0 Å². The number of carbonyl (C=O) groups is 2. The fourth-order valence-electron chi connectivity index (χ4n) is 3.73. The third-order valence-corrected chi connectivity index (χ3v) is 5.26. The number of alkyl halides is 6. The number of rotatable bonds is 3. The molecule has 1 aromatic rings. The van der Waals surface area contributed by atoms with Crippen molar-refractivity contribution in [1.82, 2.24) is 10.2 Å². The molecule has 2 heterocycles. The van der Waals surface area contributed by atoms with Crippen LogP contribution in [0.3, 0.4) is 0 Å². The molecule has 0 saturated carbocycles. The Hall–Kier alpha value is -3.21. The lowest BCUT2D eigenvalue weighted by molar-refractivity contribution is -0.214. The van der Waals surface area contributed by atoms with Gasteiger partial charge in [0.05, 0.1) is 36.9 Å². The molecule has 0 aliphatic carbocycles. The lowest BCUT2D eigenvalue weighted by Gasteiger charge is -2.27. The Balaban J connectivity index is 1.82. The Bertz CT molecular complexity index is 961. The largest absolute Gasteiger partial charge is 0.453 e. The second-order valence-corrected chi connectivity index (χ2v) is 7.42. The zero-order chi connectivity index (χ0) is 24.6. The number of amides is 2. The fraction of sp³-hybridized carbons (Fsp3) is 0.526. The summed E-state index contributed by atoms with van der Waals surface area (Å²) in [6, 6.07) is 3.03. The van der Waals surface area contributed by atoms with E-state index in [1.54, 1.807) is 0 Å². The molecule has 8 nitrogen and oxygen atoms in total. The van der Waals surface area contributed by atoms with Crippen LogP contribution in [-0.4, -0.2) is 68.2 Å². The predicted molar refractivity (Wildman–Crippen MR) is 98.7 cm³/mol. The van der Waals surface area contributed by atoms with E-state index in [1.165, 1.54) is 11.0 Å². The summed E-state index contributed by atoms with van der Waals surface area (Å²) in [6.07, 6.45) is -14.6. The van der Waals surface area contributed by atoms with Gasteiger partial charge in [-0.05, 0) is 24.6 Å². The number of alkyl carbamates (subject to hydrolysis) is 1. The maximum atomic E-state index is 13.6. The Morgan fingerprint density at radius 1 is 1.21 bits per heavy atom. The molecule has 33 heavy (non-hydrogen) atoms. The summed E-state index contributed by atoms with van der Waals surface area (Å²) in [5, 5.41) is 11.4. The molecule has 2 aliphatic heterocycles. The summed E-state index contributed by atoms with van der Waals surface area (Å²) in [5.74, 6) is -0.786. The number of nitrogens with one attached hydrogen (secondary N) is 1. The Kier molecular flexibility index (Phi) is 6.64. The van der Waals surface area contributed by atoms with Gasteiger partial charge in [-0.25, -0.2) is 4.79 Å². The van der Waals surface area contributed by atoms with Crippen LogP contribution in [0.5, 0.6) is 0 Å². The molecule has 0 radical (unpaired) electrons. The third-order valence-electron chi connectivity index (χ3n) is 5.26. The number of likely N-dealkylation sites (tertiary alicyclic amines) is 1. The predicted octanol–water partition coefficient (Wildman–Crippen LogP) is 2.63. The van der Waals surface area contributed by atoms with Gasteiger partial charge in [-0.1, -0.05) is 0 Å². The molecular formula is C19H18F6N4O4. The van der Waals surface area contributed by atoms with Gasteiger partial charge in [0, 0.05) is 18.8 Å². The van der Waals surface area contributed by atoms with E-state index in [0.717, 1.165) is 19.2 Å². The summed E-state index contributed by atoms with van der Waals surface area (Å²) in [5.41, 5.74) is -2.64. The summed E-state index contributed by atoms with van der Waals surface area (Å²) in [4.78, 5) is 25.8. The van der Waals surface area contributed by atoms with Crippen molar-refractivity contribution in [2.45, 2.75) is 37.1 Å². The molecule has 1 aromatic carbocycles. The first-order valence-electron chi connectivity index (χ1n) is 9.58. The molecule has 1 N–H and O–H groups in total. The highest BCUT2D eigenvalue weighted by atomic mass is 19.4. The lowest BCUT2D eigenvalue weighted by atomic mass is 10.1. The molecular weight excluding hydrogens is 462 g/mol. The van der Waals surface area contributed by atoms with Crippen LogP contribution in [0.15, 0.2) is 18.2 Å². The molecule has 2 fully saturated rings. The van der Waals surface area contributed by atoms with Gasteiger partial charge < -0.3 is 24.6 Å². The third kappa shape index (κ3) is 5.24. The zero-order valence-corrected chi connectivity index (χ0v) is 17.0. The van der Waals surface area contributed by atoms with E-state index in [2.05, 4.69) is 10.1 Å². The van der Waals surface area contributed by atoms with Crippen LogP contribution in [-0.2, 0) is 20.4 Å². The van der Waals surface area contributed by atoms with E-state index in [1.807, 2.05) is 0 Å². The highest BCUT2D eigenvalue weighted by molar-refractivity contribution is 5.83. The van der Waals surface area contributed by atoms with E-state index in [9.17, 15) is 35.9 Å². The molecule has 2 amide bonds. The average Bonchev–Trinajstić information content (AvgIpc) is 3.39. The Morgan fingerprint density at radius 2 is 1.91 bits per heavy atom. The molecule has 0 bridgehead atoms. The minimum atomic E-state index is -5.01. The maximum Gasteiger partial charge on any atom is 0.433 e. The first kappa shape index (κ1) is 24.4. The molecule has 2 aliphatic rings. The number of nitriles is 1. The summed E-state index contributed by atoms with van der Waals surface area (Å²) in [6.45, 7) is -0.503. The zero-order valence-electron chi connectivity index (χ0n) is 17.0. The number of anilines is 1. The van der Waals surface area contributed by atoms with Gasteiger partial charge in [-0.15, -0.1) is 0 Å². The lowest BCUT2D eigenvalue weighted by Crippen LogP contribution is -2.43. The first-order chi connectivity index (χ1) is 15.3. The van der Waals surface area contributed by atoms with Crippen LogP contribution in [0.25, 0.3) is 0 Å². The van der Waals surface area contributed by atoms with Crippen LogP contribution in [0, 0.1) is 11.3 Å². The standard InChI is InChI=1S/C19H18F6N4O4/c1-32-17(31)27-11-4-5-28(8-11)15(30)14-9-29(16(33-14)19(23,24)25)12-3-2-10(7-26)13(6-12)18(20,21)22/h2-3,6,11,14,16H,4-5,8-9H2,1H3,(H,27,31)/t11-,14?,16?/m1/s1. The average molecular weight is 480 g/mol. The molecule has 3 rings (SSSR count). The van der Waals surface area contributed by atoms with E-state index in [4.69, 9.17) is 10.00 Å². The minimum absolute atomic E-state index is 0.0135. The van der Waals surface area contributed by atoms with Gasteiger partial charge in [-0.2, -0.15) is 31.6 Å². The van der Waals surface area contributed by atoms with Crippen LogP contribution >= 0.6 is 0 Å². The van der Waals surface area contributed by atoms with Crippen LogP contribution in [0.2, 0.25) is 0 Å². The van der Waals surface area contributed by atoms with Gasteiger partial charge in [0.2, 0.25) is 6.23 Å². The number of halogens is 6. The van der Waals surface area contributed by atoms with Gasteiger partial charge in [0.25, 0.3) is 5.91 Å². The normalized spacial score (nSPS) is 23.4. The number of hydrogen-bond acceptors (Lipinski definition) is 6. The highest BCUT2D eigenvalue weighted by Crippen LogP contribution is 2.39. The van der Waals surface area contributed by atoms with E-state index in [0.29, 0.717) is 17.4 Å². The van der Waals surface area contributed by atoms with Crippen molar-refractivity contribution in [3.8, 4) is 6.07 Å². The first-order valence-corrected chi connectivity index (χ1v) is 9.58. The van der Waals surface area contributed by atoms with Gasteiger partial charge in [0.15, 0.2) is 6.10 Å². The molecule has 3 atom stereocenters. The smallest absolute Gasteiger partial charge is 0.433 e. The molecule has 0 aromatic heterocycles. The number of benzene rings is 1. The van der Waals surface area contributed by atoms with Crippen molar-refractivity contribution < 1.29 is 45.4 Å². The van der Waals surface area contributed by atoms with Crippen molar-refractivity contribution >= 4 is 17.7 Å². The van der Waals surface area contributed by atoms with Gasteiger partial charge in [0.1, 0.15) is 0 Å². The van der Waals surface area contributed by atoms with Crippen LogP contribution < -0.4 is 10.2 Å². The van der Waals surface area contributed by atoms with Crippen LogP contribution in [0.1, 0.15) is 17.5 Å².